The molecule has 1 aromatic heterocycles. The Balaban J connectivity index is 1.84. The number of aliphatic hydroxyl groups is 1. The fraction of sp³-hybridized carbons (Fsp3) is 0.368. The predicted octanol–water partition coefficient (Wildman–Crippen LogP) is 4.71. The molecule has 0 amide bonds. The number of ketones is 1. The van der Waals surface area contributed by atoms with Gasteiger partial charge in [-0.1, -0.05) is 23.2 Å². The fourth-order valence-electron chi connectivity index (χ4n) is 3.04. The zero-order chi connectivity index (χ0) is 20.3. The number of halogens is 4. The topological polar surface area (TPSA) is 68.7 Å². The Bertz CT molecular complexity index is 846. The number of nitrogens with zero attached hydrogens (tertiary/aromatic N) is 1. The SMILES string of the molecule is O=C(Cc1c(Cl)cncc1Cl)c1ccc(OC(F)F)c(OC2CCC(O)C2)c1. The molecule has 1 N–H and O–H groups in total. The Hall–Kier alpha value is -1.96. The van der Waals surface area contributed by atoms with Gasteiger partial charge in [-0.2, -0.15) is 8.78 Å². The van der Waals surface area contributed by atoms with E-state index in [2.05, 4.69) is 9.72 Å². The van der Waals surface area contributed by atoms with Crippen molar-refractivity contribution in [3.63, 3.8) is 0 Å². The first-order valence-corrected chi connectivity index (χ1v) is 9.33. The van der Waals surface area contributed by atoms with Crippen molar-refractivity contribution in [3.05, 3.63) is 51.8 Å². The third kappa shape index (κ3) is 5.10. The van der Waals surface area contributed by atoms with Crippen LogP contribution in [0.2, 0.25) is 10.0 Å². The second kappa shape index (κ2) is 9.03. The smallest absolute Gasteiger partial charge is 0.387 e. The molecule has 1 fully saturated rings. The van der Waals surface area contributed by atoms with Gasteiger partial charge in [0.1, 0.15) is 6.10 Å². The van der Waals surface area contributed by atoms with Crippen molar-refractivity contribution in [2.75, 3.05) is 0 Å². The first-order valence-electron chi connectivity index (χ1n) is 8.58. The molecule has 1 saturated carbocycles. The number of Topliss-reactive ketones (excluding diaryl/α,β-unsaturated/α-hetero) is 1. The van der Waals surface area contributed by atoms with Crippen LogP contribution >= 0.6 is 23.2 Å². The van der Waals surface area contributed by atoms with Gasteiger partial charge >= 0.3 is 6.61 Å². The average Bonchev–Trinajstić information content (AvgIpc) is 3.04. The van der Waals surface area contributed by atoms with Gasteiger partial charge in [-0.25, -0.2) is 0 Å². The number of carbonyl (C=O) groups excluding carboxylic acids is 1. The molecular formula is C19H17Cl2F2NO4. The number of hydrogen-bond acceptors (Lipinski definition) is 5. The van der Waals surface area contributed by atoms with Gasteiger partial charge in [0.05, 0.1) is 16.1 Å². The number of ether oxygens (including phenoxy) is 2. The summed E-state index contributed by atoms with van der Waals surface area (Å²) < 4.78 is 35.6. The van der Waals surface area contributed by atoms with E-state index in [-0.39, 0.29) is 45.4 Å². The number of alkyl halides is 2. The van der Waals surface area contributed by atoms with Crippen LogP contribution in [0, 0.1) is 0 Å². The molecule has 0 bridgehead atoms. The maximum Gasteiger partial charge on any atom is 0.387 e. The van der Waals surface area contributed by atoms with Gasteiger partial charge in [0.25, 0.3) is 0 Å². The number of pyridine rings is 1. The van der Waals surface area contributed by atoms with Gasteiger partial charge in [-0.05, 0) is 31.0 Å². The fourth-order valence-corrected chi connectivity index (χ4v) is 3.54. The summed E-state index contributed by atoms with van der Waals surface area (Å²) in [5.74, 6) is -0.472. The molecule has 1 aromatic carbocycles. The molecule has 0 radical (unpaired) electrons. The number of hydrogen-bond donors (Lipinski definition) is 1. The highest BCUT2D eigenvalue weighted by atomic mass is 35.5. The summed E-state index contributed by atoms with van der Waals surface area (Å²) in [6, 6.07) is 3.99. The highest BCUT2D eigenvalue weighted by molar-refractivity contribution is 6.36. The Morgan fingerprint density at radius 1 is 1.21 bits per heavy atom. The highest BCUT2D eigenvalue weighted by Gasteiger charge is 2.26. The quantitative estimate of drug-likeness (QED) is 0.642. The summed E-state index contributed by atoms with van der Waals surface area (Å²) >= 11 is 12.1. The molecule has 1 aliphatic rings. The number of benzene rings is 1. The van der Waals surface area contributed by atoms with Crippen LogP contribution in [0.25, 0.3) is 0 Å². The largest absolute Gasteiger partial charge is 0.486 e. The molecule has 2 unspecified atom stereocenters. The molecule has 1 heterocycles. The second-order valence-electron chi connectivity index (χ2n) is 6.43. The van der Waals surface area contributed by atoms with Crippen LogP contribution in [-0.2, 0) is 6.42 Å². The zero-order valence-corrected chi connectivity index (χ0v) is 16.1. The van der Waals surface area contributed by atoms with Gasteiger partial charge in [0, 0.05) is 36.4 Å². The summed E-state index contributed by atoms with van der Waals surface area (Å²) in [7, 11) is 0. The van der Waals surface area contributed by atoms with Crippen LogP contribution in [0.4, 0.5) is 8.78 Å². The monoisotopic (exact) mass is 431 g/mol. The van der Waals surface area contributed by atoms with Gasteiger partial charge in [0.2, 0.25) is 0 Å². The van der Waals surface area contributed by atoms with E-state index in [9.17, 15) is 18.7 Å². The highest BCUT2D eigenvalue weighted by Crippen LogP contribution is 2.34. The average molecular weight is 432 g/mol. The number of rotatable bonds is 7. The molecule has 2 aromatic rings. The Kier molecular flexibility index (Phi) is 6.69. The molecule has 150 valence electrons. The zero-order valence-electron chi connectivity index (χ0n) is 14.6. The van der Waals surface area contributed by atoms with E-state index in [1.54, 1.807) is 0 Å². The van der Waals surface area contributed by atoms with Gasteiger partial charge in [-0.15, -0.1) is 0 Å². The van der Waals surface area contributed by atoms with E-state index in [1.165, 1.54) is 30.6 Å². The van der Waals surface area contributed by atoms with Crippen molar-refractivity contribution < 1.29 is 28.2 Å². The van der Waals surface area contributed by atoms with E-state index in [0.717, 1.165) is 0 Å². The molecule has 0 spiro atoms. The van der Waals surface area contributed by atoms with E-state index >= 15 is 0 Å². The number of carbonyl (C=O) groups is 1. The molecule has 5 nitrogen and oxygen atoms in total. The lowest BCUT2D eigenvalue weighted by Gasteiger charge is -2.17. The normalized spacial score (nSPS) is 19.1. The minimum absolute atomic E-state index is 0.0252. The van der Waals surface area contributed by atoms with Crippen LogP contribution in [0.3, 0.4) is 0 Å². The van der Waals surface area contributed by atoms with Crippen LogP contribution in [0.5, 0.6) is 11.5 Å². The van der Waals surface area contributed by atoms with Crippen molar-refractivity contribution in [3.8, 4) is 11.5 Å². The summed E-state index contributed by atoms with van der Waals surface area (Å²) in [6.45, 7) is -3.03. The molecular weight excluding hydrogens is 415 g/mol. The first kappa shape index (κ1) is 20.8. The lowest BCUT2D eigenvalue weighted by atomic mass is 10.0. The standard InChI is InChI=1S/C19H17Cl2F2NO4/c20-14-8-24-9-15(21)13(14)7-16(26)10-1-4-17(28-19(22)23)18(5-10)27-12-3-2-11(25)6-12/h1,4-5,8-9,11-12,19,25H,2-3,6-7H2. The maximum atomic E-state index is 12.7. The molecule has 9 heteroatoms. The Labute approximate surface area is 170 Å². The van der Waals surface area contributed by atoms with Gasteiger partial charge < -0.3 is 14.6 Å². The predicted molar refractivity (Wildman–Crippen MR) is 99.6 cm³/mol. The number of aromatic nitrogens is 1. The number of aliphatic hydroxyl groups excluding tert-OH is 1. The summed E-state index contributed by atoms with van der Waals surface area (Å²) in [5.41, 5.74) is 0.664. The summed E-state index contributed by atoms with van der Waals surface area (Å²) in [6.07, 6.45) is 3.37. The Morgan fingerprint density at radius 3 is 2.54 bits per heavy atom. The van der Waals surface area contributed by atoms with Crippen molar-refractivity contribution in [1.82, 2.24) is 4.98 Å². The van der Waals surface area contributed by atoms with Crippen molar-refractivity contribution >= 4 is 29.0 Å². The minimum atomic E-state index is -3.03. The van der Waals surface area contributed by atoms with Crippen LogP contribution in [0.1, 0.15) is 35.2 Å². The summed E-state index contributed by atoms with van der Waals surface area (Å²) in [5, 5.41) is 10.2. The van der Waals surface area contributed by atoms with E-state index < -0.39 is 12.7 Å². The lowest BCUT2D eigenvalue weighted by Crippen LogP contribution is -2.15. The van der Waals surface area contributed by atoms with Crippen LogP contribution in [-0.4, -0.2) is 34.7 Å². The molecule has 0 aliphatic heterocycles. The maximum absolute atomic E-state index is 12.7. The van der Waals surface area contributed by atoms with Crippen molar-refractivity contribution in [2.24, 2.45) is 0 Å². The van der Waals surface area contributed by atoms with Gasteiger partial charge in [0.15, 0.2) is 17.3 Å². The lowest BCUT2D eigenvalue weighted by molar-refractivity contribution is -0.0521. The minimum Gasteiger partial charge on any atom is -0.486 e. The first-order chi connectivity index (χ1) is 13.3. The van der Waals surface area contributed by atoms with Crippen LogP contribution < -0.4 is 9.47 Å². The van der Waals surface area contributed by atoms with Crippen LogP contribution in [0.15, 0.2) is 30.6 Å². The molecule has 28 heavy (non-hydrogen) atoms. The Morgan fingerprint density at radius 2 is 1.93 bits per heavy atom. The second-order valence-corrected chi connectivity index (χ2v) is 7.24. The third-order valence-electron chi connectivity index (χ3n) is 4.42. The van der Waals surface area contributed by atoms with E-state index in [1.807, 2.05) is 0 Å². The van der Waals surface area contributed by atoms with E-state index in [0.29, 0.717) is 24.8 Å². The van der Waals surface area contributed by atoms with E-state index in [4.69, 9.17) is 27.9 Å². The van der Waals surface area contributed by atoms with Gasteiger partial charge in [-0.3, -0.25) is 9.78 Å². The van der Waals surface area contributed by atoms with Crippen molar-refractivity contribution in [1.29, 1.82) is 0 Å². The summed E-state index contributed by atoms with van der Waals surface area (Å²) in [4.78, 5) is 16.5. The third-order valence-corrected chi connectivity index (χ3v) is 5.07. The van der Waals surface area contributed by atoms with Crippen molar-refractivity contribution in [2.45, 2.75) is 44.5 Å². The molecule has 2 atom stereocenters. The molecule has 3 rings (SSSR count). The molecule has 1 aliphatic carbocycles. The molecule has 0 saturated heterocycles.